The highest BCUT2D eigenvalue weighted by Gasteiger charge is 2.16. The normalized spacial score (nSPS) is 12.0. The number of amides is 1. The van der Waals surface area contributed by atoms with Crippen LogP contribution < -0.4 is 5.32 Å². The fourth-order valence-corrected chi connectivity index (χ4v) is 2.23. The van der Waals surface area contributed by atoms with Crippen molar-refractivity contribution in [2.45, 2.75) is 13.0 Å². The van der Waals surface area contributed by atoms with E-state index in [2.05, 4.69) is 21.2 Å². The number of anilines is 1. The Bertz CT molecular complexity index is 759. The maximum atomic E-state index is 12.8. The SMILES string of the molecule is C[C@H](OC(=O)/C=C/c1ccccc1Br)C(=O)Nc1ccc(F)cc1. The van der Waals surface area contributed by atoms with Crippen LogP contribution in [0.15, 0.2) is 59.1 Å². The van der Waals surface area contributed by atoms with Gasteiger partial charge in [0.2, 0.25) is 0 Å². The summed E-state index contributed by atoms with van der Waals surface area (Å²) < 4.78 is 18.7. The summed E-state index contributed by atoms with van der Waals surface area (Å²) in [5.74, 6) is -1.53. The van der Waals surface area contributed by atoms with Gasteiger partial charge in [0, 0.05) is 16.2 Å². The van der Waals surface area contributed by atoms with Crippen molar-refractivity contribution in [3.8, 4) is 0 Å². The highest BCUT2D eigenvalue weighted by Crippen LogP contribution is 2.17. The van der Waals surface area contributed by atoms with Gasteiger partial charge in [-0.1, -0.05) is 34.1 Å². The smallest absolute Gasteiger partial charge is 0.331 e. The fraction of sp³-hybridized carbons (Fsp3) is 0.111. The maximum Gasteiger partial charge on any atom is 0.331 e. The van der Waals surface area contributed by atoms with Crippen LogP contribution in [-0.4, -0.2) is 18.0 Å². The summed E-state index contributed by atoms with van der Waals surface area (Å²) in [6.45, 7) is 1.46. The Labute approximate surface area is 147 Å². The van der Waals surface area contributed by atoms with Crippen molar-refractivity contribution in [2.75, 3.05) is 5.32 Å². The Kier molecular flexibility index (Phi) is 6.26. The van der Waals surface area contributed by atoms with E-state index in [1.54, 1.807) is 6.08 Å². The third kappa shape index (κ3) is 5.31. The van der Waals surface area contributed by atoms with Gasteiger partial charge in [-0.2, -0.15) is 0 Å². The number of hydrogen-bond donors (Lipinski definition) is 1. The summed E-state index contributed by atoms with van der Waals surface area (Å²) in [6.07, 6.45) is 1.87. The summed E-state index contributed by atoms with van der Waals surface area (Å²) in [5.41, 5.74) is 1.24. The molecule has 4 nitrogen and oxygen atoms in total. The van der Waals surface area contributed by atoms with Gasteiger partial charge in [-0.25, -0.2) is 9.18 Å². The minimum atomic E-state index is -0.980. The molecule has 0 spiro atoms. The first-order valence-electron chi connectivity index (χ1n) is 7.15. The molecule has 0 saturated carbocycles. The molecule has 0 unspecified atom stereocenters. The number of carbonyl (C=O) groups is 2. The summed E-state index contributed by atoms with van der Waals surface area (Å²) in [6, 6.07) is 12.7. The van der Waals surface area contributed by atoms with E-state index >= 15 is 0 Å². The zero-order valence-electron chi connectivity index (χ0n) is 12.8. The van der Waals surface area contributed by atoms with Gasteiger partial charge in [0.05, 0.1) is 0 Å². The van der Waals surface area contributed by atoms with E-state index in [9.17, 15) is 14.0 Å². The first-order chi connectivity index (χ1) is 11.5. The van der Waals surface area contributed by atoms with Crippen LogP contribution >= 0.6 is 15.9 Å². The lowest BCUT2D eigenvalue weighted by Crippen LogP contribution is -2.29. The molecule has 0 fully saturated rings. The number of benzene rings is 2. The van der Waals surface area contributed by atoms with Crippen LogP contribution in [0.3, 0.4) is 0 Å². The van der Waals surface area contributed by atoms with Crippen LogP contribution in [0.4, 0.5) is 10.1 Å². The highest BCUT2D eigenvalue weighted by molar-refractivity contribution is 9.10. The number of hydrogen-bond acceptors (Lipinski definition) is 3. The number of nitrogens with one attached hydrogen (secondary N) is 1. The van der Waals surface area contributed by atoms with Crippen molar-refractivity contribution < 1.29 is 18.7 Å². The van der Waals surface area contributed by atoms with E-state index in [1.165, 1.54) is 37.3 Å². The molecule has 0 saturated heterocycles. The molecular weight excluding hydrogens is 377 g/mol. The second-order valence-corrected chi connectivity index (χ2v) is 5.78. The van der Waals surface area contributed by atoms with Crippen LogP contribution in [0, 0.1) is 5.82 Å². The maximum absolute atomic E-state index is 12.8. The molecular formula is C18H15BrFNO3. The third-order valence-electron chi connectivity index (χ3n) is 3.08. The van der Waals surface area contributed by atoms with Gasteiger partial charge in [0.15, 0.2) is 6.10 Å². The van der Waals surface area contributed by atoms with Crippen LogP contribution in [-0.2, 0) is 14.3 Å². The molecule has 1 atom stereocenters. The molecule has 0 bridgehead atoms. The first-order valence-corrected chi connectivity index (χ1v) is 7.94. The predicted octanol–water partition coefficient (Wildman–Crippen LogP) is 4.17. The number of ether oxygens (including phenoxy) is 1. The van der Waals surface area contributed by atoms with Crippen molar-refractivity contribution in [2.24, 2.45) is 0 Å². The van der Waals surface area contributed by atoms with Crippen LogP contribution in [0.2, 0.25) is 0 Å². The van der Waals surface area contributed by atoms with E-state index < -0.39 is 23.8 Å². The topological polar surface area (TPSA) is 55.4 Å². The summed E-state index contributed by atoms with van der Waals surface area (Å²) in [5, 5.41) is 2.54. The molecule has 1 amide bonds. The molecule has 2 aromatic rings. The van der Waals surface area contributed by atoms with Crippen molar-refractivity contribution in [3.63, 3.8) is 0 Å². The lowest BCUT2D eigenvalue weighted by molar-refractivity contribution is -0.148. The van der Waals surface area contributed by atoms with Crippen molar-refractivity contribution >= 4 is 39.6 Å². The molecule has 0 aliphatic carbocycles. The van der Waals surface area contributed by atoms with Crippen molar-refractivity contribution in [1.29, 1.82) is 0 Å². The molecule has 2 rings (SSSR count). The van der Waals surface area contributed by atoms with E-state index in [0.29, 0.717) is 5.69 Å². The Morgan fingerprint density at radius 1 is 1.17 bits per heavy atom. The van der Waals surface area contributed by atoms with Crippen molar-refractivity contribution in [1.82, 2.24) is 0 Å². The van der Waals surface area contributed by atoms with Gasteiger partial charge >= 0.3 is 5.97 Å². The second kappa shape index (κ2) is 8.40. The third-order valence-corrected chi connectivity index (χ3v) is 3.80. The minimum Gasteiger partial charge on any atom is -0.449 e. The van der Waals surface area contributed by atoms with Crippen LogP contribution in [0.5, 0.6) is 0 Å². The fourth-order valence-electron chi connectivity index (χ4n) is 1.81. The van der Waals surface area contributed by atoms with Gasteiger partial charge in [-0.05, 0) is 48.9 Å². The number of carbonyl (C=O) groups excluding carboxylic acids is 2. The molecule has 2 aromatic carbocycles. The Hall–Kier alpha value is -2.47. The second-order valence-electron chi connectivity index (χ2n) is 4.93. The van der Waals surface area contributed by atoms with Crippen LogP contribution in [0.25, 0.3) is 6.08 Å². The monoisotopic (exact) mass is 391 g/mol. The highest BCUT2D eigenvalue weighted by atomic mass is 79.9. The molecule has 124 valence electrons. The number of halogens is 2. The first kappa shape index (κ1) is 17.9. The molecule has 24 heavy (non-hydrogen) atoms. The Balaban J connectivity index is 1.90. The zero-order valence-corrected chi connectivity index (χ0v) is 14.4. The van der Waals surface area contributed by atoms with Gasteiger partial charge < -0.3 is 10.1 Å². The van der Waals surface area contributed by atoms with Crippen LogP contribution in [0.1, 0.15) is 12.5 Å². The molecule has 0 radical (unpaired) electrons. The summed E-state index contributed by atoms with van der Waals surface area (Å²) >= 11 is 3.37. The lowest BCUT2D eigenvalue weighted by atomic mass is 10.2. The summed E-state index contributed by atoms with van der Waals surface area (Å²) in [7, 11) is 0. The van der Waals surface area contributed by atoms with E-state index in [0.717, 1.165) is 10.0 Å². The lowest BCUT2D eigenvalue weighted by Gasteiger charge is -2.12. The zero-order chi connectivity index (χ0) is 17.5. The summed E-state index contributed by atoms with van der Waals surface area (Å²) in [4.78, 5) is 23.7. The van der Waals surface area contributed by atoms with E-state index in [-0.39, 0.29) is 0 Å². The average Bonchev–Trinajstić information content (AvgIpc) is 2.56. The average molecular weight is 392 g/mol. The number of esters is 1. The largest absolute Gasteiger partial charge is 0.449 e. The quantitative estimate of drug-likeness (QED) is 0.614. The van der Waals surface area contributed by atoms with Gasteiger partial charge in [0.1, 0.15) is 5.82 Å². The Morgan fingerprint density at radius 3 is 2.50 bits per heavy atom. The van der Waals surface area contributed by atoms with Gasteiger partial charge in [0.25, 0.3) is 5.91 Å². The molecule has 0 heterocycles. The van der Waals surface area contributed by atoms with E-state index in [1.807, 2.05) is 24.3 Å². The van der Waals surface area contributed by atoms with Gasteiger partial charge in [-0.15, -0.1) is 0 Å². The number of rotatable bonds is 5. The molecule has 6 heteroatoms. The molecule has 1 N–H and O–H groups in total. The van der Waals surface area contributed by atoms with E-state index in [4.69, 9.17) is 4.74 Å². The molecule has 0 aliphatic heterocycles. The molecule has 0 aliphatic rings. The minimum absolute atomic E-state index is 0.398. The molecule has 0 aromatic heterocycles. The Morgan fingerprint density at radius 2 is 1.83 bits per heavy atom. The predicted molar refractivity (Wildman–Crippen MR) is 93.8 cm³/mol. The van der Waals surface area contributed by atoms with Crippen molar-refractivity contribution in [3.05, 3.63) is 70.5 Å². The standard InChI is InChI=1S/C18H15BrFNO3/c1-12(18(23)21-15-9-7-14(20)8-10-15)24-17(22)11-6-13-4-2-3-5-16(13)19/h2-12H,1H3,(H,21,23)/b11-6+/t12-/m0/s1. The van der Waals surface area contributed by atoms with Gasteiger partial charge in [-0.3, -0.25) is 4.79 Å².